The summed E-state index contributed by atoms with van der Waals surface area (Å²) in [6, 6.07) is 6.82. The Balaban J connectivity index is 2.01. The smallest absolute Gasteiger partial charge is 0.240 e. The van der Waals surface area contributed by atoms with Crippen molar-refractivity contribution in [2.75, 3.05) is 0 Å². The molecule has 0 heterocycles. The van der Waals surface area contributed by atoms with Crippen LogP contribution >= 0.6 is 12.2 Å². The lowest BCUT2D eigenvalue weighted by atomic mass is 10.1. The van der Waals surface area contributed by atoms with Crippen LogP contribution in [0, 0.1) is 5.92 Å². The van der Waals surface area contributed by atoms with Crippen LogP contribution in [0.3, 0.4) is 0 Å². The van der Waals surface area contributed by atoms with Crippen molar-refractivity contribution in [1.82, 2.24) is 4.72 Å². The van der Waals surface area contributed by atoms with E-state index in [0.29, 0.717) is 22.2 Å². The number of hydrogen-bond donors (Lipinski definition) is 2. The maximum absolute atomic E-state index is 12.2. The van der Waals surface area contributed by atoms with E-state index in [-0.39, 0.29) is 6.04 Å². The van der Waals surface area contributed by atoms with Crippen LogP contribution in [0.25, 0.3) is 0 Å². The maximum atomic E-state index is 12.2. The molecule has 1 aromatic carbocycles. The summed E-state index contributed by atoms with van der Waals surface area (Å²) < 4.78 is 27.2. The van der Waals surface area contributed by atoms with E-state index in [9.17, 15) is 8.42 Å². The van der Waals surface area contributed by atoms with Gasteiger partial charge < -0.3 is 5.73 Å². The fourth-order valence-corrected chi connectivity index (χ4v) is 3.82. The van der Waals surface area contributed by atoms with Gasteiger partial charge >= 0.3 is 0 Å². The number of benzene rings is 1. The van der Waals surface area contributed by atoms with Crippen molar-refractivity contribution < 1.29 is 8.42 Å². The summed E-state index contributed by atoms with van der Waals surface area (Å²) in [6.45, 7) is 2.12. The average molecular weight is 312 g/mol. The van der Waals surface area contributed by atoms with Crippen molar-refractivity contribution in [2.45, 2.75) is 43.5 Å². The Bertz CT molecular complexity index is 582. The summed E-state index contributed by atoms with van der Waals surface area (Å²) in [5.74, 6) is 0.503. The summed E-state index contributed by atoms with van der Waals surface area (Å²) in [6.07, 6.45) is 3.62. The number of thiocarbonyl (C=S) groups is 1. The zero-order chi connectivity index (χ0) is 14.8. The van der Waals surface area contributed by atoms with Gasteiger partial charge in [-0.3, -0.25) is 0 Å². The minimum atomic E-state index is -3.41. The van der Waals surface area contributed by atoms with E-state index in [1.165, 1.54) is 0 Å². The lowest BCUT2D eigenvalue weighted by Crippen LogP contribution is -2.27. The predicted molar refractivity (Wildman–Crippen MR) is 84.1 cm³/mol. The molecule has 0 aliphatic heterocycles. The summed E-state index contributed by atoms with van der Waals surface area (Å²) in [4.78, 5) is 0.699. The van der Waals surface area contributed by atoms with E-state index < -0.39 is 10.0 Å². The van der Waals surface area contributed by atoms with Crippen LogP contribution in [0.4, 0.5) is 0 Å². The monoisotopic (exact) mass is 312 g/mol. The van der Waals surface area contributed by atoms with Crippen molar-refractivity contribution in [1.29, 1.82) is 0 Å². The van der Waals surface area contributed by atoms with Gasteiger partial charge in [-0.2, -0.15) is 0 Å². The van der Waals surface area contributed by atoms with Gasteiger partial charge in [-0.05, 0) is 36.5 Å². The zero-order valence-corrected chi connectivity index (χ0v) is 13.1. The summed E-state index contributed by atoms with van der Waals surface area (Å²) in [5, 5.41) is 0. The second-order valence-corrected chi connectivity index (χ2v) is 7.54. The fraction of sp³-hybridized carbons (Fsp3) is 0.500. The average Bonchev–Trinajstić information content (AvgIpc) is 3.06. The Labute approximate surface area is 125 Å². The molecule has 1 aliphatic carbocycles. The van der Waals surface area contributed by atoms with Gasteiger partial charge in [0, 0.05) is 12.5 Å². The van der Waals surface area contributed by atoms with E-state index >= 15 is 0 Å². The van der Waals surface area contributed by atoms with Gasteiger partial charge in [0.05, 0.1) is 9.88 Å². The van der Waals surface area contributed by atoms with Crippen LogP contribution < -0.4 is 10.5 Å². The molecule has 1 aliphatic rings. The molecule has 0 radical (unpaired) electrons. The van der Waals surface area contributed by atoms with Crippen molar-refractivity contribution in [2.24, 2.45) is 11.7 Å². The fourth-order valence-electron chi connectivity index (χ4n) is 2.34. The molecule has 20 heavy (non-hydrogen) atoms. The zero-order valence-electron chi connectivity index (χ0n) is 11.5. The van der Waals surface area contributed by atoms with Gasteiger partial charge in [0.2, 0.25) is 10.0 Å². The molecular weight excluding hydrogens is 292 g/mol. The molecule has 2 rings (SSSR count). The molecule has 0 spiro atoms. The number of sulfonamides is 1. The van der Waals surface area contributed by atoms with Gasteiger partial charge in [0.1, 0.15) is 0 Å². The lowest BCUT2D eigenvalue weighted by Gasteiger charge is -2.07. The third-order valence-corrected chi connectivity index (χ3v) is 5.15. The van der Waals surface area contributed by atoms with E-state index in [4.69, 9.17) is 18.0 Å². The molecule has 110 valence electrons. The molecule has 0 saturated heterocycles. The van der Waals surface area contributed by atoms with Crippen LogP contribution in [0.15, 0.2) is 29.2 Å². The molecule has 2 atom stereocenters. The molecule has 1 saturated carbocycles. The first-order chi connectivity index (χ1) is 9.42. The molecule has 0 amide bonds. The lowest BCUT2D eigenvalue weighted by molar-refractivity contribution is 0.573. The van der Waals surface area contributed by atoms with E-state index in [2.05, 4.69) is 11.6 Å². The Morgan fingerprint density at radius 1 is 1.40 bits per heavy atom. The molecule has 0 bridgehead atoms. The van der Waals surface area contributed by atoms with Crippen LogP contribution in [0.5, 0.6) is 0 Å². The SMILES string of the molecule is CCCC1CC1NS(=O)(=O)c1ccc(CC(N)=S)cc1. The number of rotatable bonds is 7. The highest BCUT2D eigenvalue weighted by atomic mass is 32.2. The first-order valence-electron chi connectivity index (χ1n) is 6.82. The van der Waals surface area contributed by atoms with Gasteiger partial charge in [-0.25, -0.2) is 13.1 Å². The second kappa shape index (κ2) is 6.20. The Hall–Kier alpha value is -0.980. The molecule has 0 aromatic heterocycles. The first-order valence-corrected chi connectivity index (χ1v) is 8.71. The number of nitrogens with one attached hydrogen (secondary N) is 1. The molecule has 3 N–H and O–H groups in total. The van der Waals surface area contributed by atoms with E-state index in [0.717, 1.165) is 24.8 Å². The molecule has 1 fully saturated rings. The quantitative estimate of drug-likeness (QED) is 0.755. The Kier molecular flexibility index (Phi) is 4.78. The third-order valence-electron chi connectivity index (χ3n) is 3.50. The largest absolute Gasteiger partial charge is 0.393 e. The summed E-state index contributed by atoms with van der Waals surface area (Å²) >= 11 is 4.83. The van der Waals surface area contributed by atoms with Crippen LogP contribution in [-0.2, 0) is 16.4 Å². The highest BCUT2D eigenvalue weighted by Crippen LogP contribution is 2.35. The van der Waals surface area contributed by atoms with Crippen molar-refractivity contribution >= 4 is 27.2 Å². The number of hydrogen-bond acceptors (Lipinski definition) is 3. The third kappa shape index (κ3) is 4.01. The van der Waals surface area contributed by atoms with Crippen molar-refractivity contribution in [3.63, 3.8) is 0 Å². The standard InChI is InChI=1S/C14H20N2O2S2/c1-2-3-11-9-13(11)16-20(17,18)12-6-4-10(5-7-12)8-14(15)19/h4-7,11,13,16H,2-3,8-9H2,1H3,(H2,15,19). The molecule has 2 unspecified atom stereocenters. The van der Waals surface area contributed by atoms with Crippen LogP contribution in [-0.4, -0.2) is 19.4 Å². The molecule has 1 aromatic rings. The minimum Gasteiger partial charge on any atom is -0.393 e. The maximum Gasteiger partial charge on any atom is 0.240 e. The topological polar surface area (TPSA) is 72.2 Å². The minimum absolute atomic E-state index is 0.108. The van der Waals surface area contributed by atoms with E-state index in [1.807, 2.05) is 0 Å². The predicted octanol–water partition coefficient (Wildman–Crippen LogP) is 1.98. The van der Waals surface area contributed by atoms with Gasteiger partial charge in [0.25, 0.3) is 0 Å². The van der Waals surface area contributed by atoms with Crippen LogP contribution in [0.1, 0.15) is 31.7 Å². The highest BCUT2D eigenvalue weighted by molar-refractivity contribution is 7.89. The molecular formula is C14H20N2O2S2. The van der Waals surface area contributed by atoms with Crippen LogP contribution in [0.2, 0.25) is 0 Å². The second-order valence-electron chi connectivity index (χ2n) is 5.30. The highest BCUT2D eigenvalue weighted by Gasteiger charge is 2.39. The first kappa shape index (κ1) is 15.4. The number of nitrogens with two attached hydrogens (primary N) is 1. The van der Waals surface area contributed by atoms with Gasteiger partial charge in [0.15, 0.2) is 0 Å². The molecule has 4 nitrogen and oxygen atoms in total. The normalized spacial score (nSPS) is 21.6. The van der Waals surface area contributed by atoms with Crippen molar-refractivity contribution in [3.05, 3.63) is 29.8 Å². The summed E-state index contributed by atoms with van der Waals surface area (Å²) in [7, 11) is -3.41. The van der Waals surface area contributed by atoms with Gasteiger partial charge in [-0.1, -0.05) is 37.7 Å². The van der Waals surface area contributed by atoms with E-state index in [1.54, 1.807) is 24.3 Å². The Morgan fingerprint density at radius 2 is 2.05 bits per heavy atom. The molecule has 6 heteroatoms. The van der Waals surface area contributed by atoms with Crippen molar-refractivity contribution in [3.8, 4) is 0 Å². The Morgan fingerprint density at radius 3 is 2.60 bits per heavy atom. The summed E-state index contributed by atoms with van der Waals surface area (Å²) in [5.41, 5.74) is 6.39. The van der Waals surface area contributed by atoms with Gasteiger partial charge in [-0.15, -0.1) is 0 Å².